The molecule has 0 radical (unpaired) electrons. The van der Waals surface area contributed by atoms with Crippen molar-refractivity contribution < 1.29 is 0 Å². The number of alkyl halides is 1. The van der Waals surface area contributed by atoms with Crippen LogP contribution < -0.4 is 5.43 Å². The molecule has 0 amide bonds. The fraction of sp³-hybridized carbons (Fsp3) is 0.750. The van der Waals surface area contributed by atoms with Crippen LogP contribution in [-0.4, -0.2) is 30.5 Å². The summed E-state index contributed by atoms with van der Waals surface area (Å²) in [6.07, 6.45) is 1.24. The van der Waals surface area contributed by atoms with E-state index in [1.807, 2.05) is 7.05 Å². The van der Waals surface area contributed by atoms with Gasteiger partial charge in [0.25, 0.3) is 0 Å². The second-order valence-corrected chi connectivity index (χ2v) is 3.51. The molecule has 0 aliphatic carbocycles. The lowest BCUT2D eigenvalue weighted by atomic mass is 10.0. The molecule has 64 valence electrons. The molecular weight excluding hydrogens is 204 g/mol. The first-order valence-corrected chi connectivity index (χ1v) is 5.06. The molecule has 0 aromatic carbocycles. The Hall–Kier alpha value is 0.140. The molecule has 1 atom stereocenters. The zero-order chi connectivity index (χ0) is 8.27. The predicted octanol–water partition coefficient (Wildman–Crippen LogP) is 1.39. The van der Waals surface area contributed by atoms with Gasteiger partial charge < -0.3 is 0 Å². The van der Waals surface area contributed by atoms with Crippen molar-refractivity contribution in [1.29, 1.82) is 0 Å². The highest BCUT2D eigenvalue weighted by Crippen LogP contribution is 2.22. The van der Waals surface area contributed by atoms with E-state index in [9.17, 15) is 0 Å². The van der Waals surface area contributed by atoms with Crippen molar-refractivity contribution in [3.05, 3.63) is 12.2 Å². The number of hydrogen-bond acceptors (Lipinski definition) is 2. The molecule has 0 saturated carbocycles. The highest BCUT2D eigenvalue weighted by Gasteiger charge is 2.22. The highest BCUT2D eigenvalue weighted by molar-refractivity contribution is 9.09. The third-order valence-corrected chi connectivity index (χ3v) is 2.97. The van der Waals surface area contributed by atoms with Crippen LogP contribution in [0, 0.1) is 5.92 Å². The molecule has 1 heterocycles. The van der Waals surface area contributed by atoms with Gasteiger partial charge in [0.2, 0.25) is 0 Å². The van der Waals surface area contributed by atoms with Crippen LogP contribution in [0.4, 0.5) is 0 Å². The SMILES string of the molecule is C=C(CBr)C1CCN(NC)C1. The summed E-state index contributed by atoms with van der Waals surface area (Å²) in [5.74, 6) is 0.682. The lowest BCUT2D eigenvalue weighted by Gasteiger charge is -2.14. The topological polar surface area (TPSA) is 15.3 Å². The van der Waals surface area contributed by atoms with Gasteiger partial charge in [-0.15, -0.1) is 0 Å². The van der Waals surface area contributed by atoms with Gasteiger partial charge in [-0.3, -0.25) is 5.43 Å². The largest absolute Gasteiger partial charge is 0.258 e. The number of hydrazine groups is 1. The Balaban J connectivity index is 2.35. The lowest BCUT2D eigenvalue weighted by molar-refractivity contribution is 0.255. The summed E-state index contributed by atoms with van der Waals surface area (Å²) in [5, 5.41) is 3.17. The summed E-state index contributed by atoms with van der Waals surface area (Å²) < 4.78 is 0. The summed E-state index contributed by atoms with van der Waals surface area (Å²) in [6, 6.07) is 0. The first-order chi connectivity index (χ1) is 5.27. The quantitative estimate of drug-likeness (QED) is 0.570. The molecule has 1 rings (SSSR count). The van der Waals surface area contributed by atoms with E-state index in [1.165, 1.54) is 12.0 Å². The summed E-state index contributed by atoms with van der Waals surface area (Å²) in [6.45, 7) is 6.28. The van der Waals surface area contributed by atoms with Gasteiger partial charge >= 0.3 is 0 Å². The summed E-state index contributed by atoms with van der Waals surface area (Å²) >= 11 is 3.43. The standard InChI is InChI=1S/C8H15BrN2/c1-7(5-9)8-3-4-11(6-8)10-2/h8,10H,1,3-6H2,2H3. The maximum Gasteiger partial charge on any atom is 0.0242 e. The van der Waals surface area contributed by atoms with Gasteiger partial charge in [0.1, 0.15) is 0 Å². The van der Waals surface area contributed by atoms with Gasteiger partial charge in [0.15, 0.2) is 0 Å². The summed E-state index contributed by atoms with van der Waals surface area (Å²) in [5.41, 5.74) is 4.47. The molecular formula is C8H15BrN2. The van der Waals surface area contributed by atoms with E-state index in [0.29, 0.717) is 5.92 Å². The molecule has 1 N–H and O–H groups in total. The minimum Gasteiger partial charge on any atom is -0.258 e. The van der Waals surface area contributed by atoms with E-state index in [-0.39, 0.29) is 0 Å². The molecule has 1 aliphatic heterocycles. The Morgan fingerprint density at radius 3 is 3.00 bits per heavy atom. The van der Waals surface area contributed by atoms with Crippen molar-refractivity contribution in [1.82, 2.24) is 10.4 Å². The monoisotopic (exact) mass is 218 g/mol. The Morgan fingerprint density at radius 2 is 2.55 bits per heavy atom. The van der Waals surface area contributed by atoms with Gasteiger partial charge in [0.05, 0.1) is 0 Å². The number of nitrogens with zero attached hydrogens (tertiary/aromatic N) is 1. The van der Waals surface area contributed by atoms with Crippen LogP contribution in [0.5, 0.6) is 0 Å². The Kier molecular flexibility index (Phi) is 3.55. The minimum absolute atomic E-state index is 0.682. The summed E-state index contributed by atoms with van der Waals surface area (Å²) in [7, 11) is 1.97. The van der Waals surface area contributed by atoms with Crippen molar-refractivity contribution in [2.45, 2.75) is 6.42 Å². The van der Waals surface area contributed by atoms with Crippen LogP contribution in [0.25, 0.3) is 0 Å². The summed E-state index contributed by atoms with van der Waals surface area (Å²) in [4.78, 5) is 0. The van der Waals surface area contributed by atoms with Crippen LogP contribution in [0.1, 0.15) is 6.42 Å². The molecule has 0 bridgehead atoms. The first-order valence-electron chi connectivity index (χ1n) is 3.94. The van der Waals surface area contributed by atoms with Crippen LogP contribution in [-0.2, 0) is 0 Å². The molecule has 11 heavy (non-hydrogen) atoms. The molecule has 3 heteroatoms. The second kappa shape index (κ2) is 4.24. The van der Waals surface area contributed by atoms with Gasteiger partial charge in [-0.2, -0.15) is 0 Å². The van der Waals surface area contributed by atoms with Crippen molar-refractivity contribution in [3.63, 3.8) is 0 Å². The van der Waals surface area contributed by atoms with Crippen molar-refractivity contribution in [3.8, 4) is 0 Å². The fourth-order valence-electron chi connectivity index (χ4n) is 1.41. The minimum atomic E-state index is 0.682. The Bertz CT molecular complexity index is 147. The Morgan fingerprint density at radius 1 is 1.82 bits per heavy atom. The van der Waals surface area contributed by atoms with Crippen molar-refractivity contribution >= 4 is 15.9 Å². The average molecular weight is 219 g/mol. The molecule has 0 spiro atoms. The van der Waals surface area contributed by atoms with E-state index < -0.39 is 0 Å². The first kappa shape index (κ1) is 9.23. The van der Waals surface area contributed by atoms with Gasteiger partial charge in [-0.25, -0.2) is 5.01 Å². The zero-order valence-corrected chi connectivity index (χ0v) is 8.52. The number of halogens is 1. The van der Waals surface area contributed by atoms with Gasteiger partial charge in [-0.1, -0.05) is 28.1 Å². The molecule has 0 aromatic heterocycles. The molecule has 1 aliphatic rings. The maximum absolute atomic E-state index is 4.02. The molecule has 1 unspecified atom stereocenters. The normalized spacial score (nSPS) is 25.8. The van der Waals surface area contributed by atoms with Crippen LogP contribution in [0.3, 0.4) is 0 Å². The van der Waals surface area contributed by atoms with Crippen LogP contribution in [0.15, 0.2) is 12.2 Å². The van der Waals surface area contributed by atoms with E-state index >= 15 is 0 Å². The van der Waals surface area contributed by atoms with Crippen LogP contribution >= 0.6 is 15.9 Å². The van der Waals surface area contributed by atoms with Crippen molar-refractivity contribution in [2.75, 3.05) is 25.5 Å². The lowest BCUT2D eigenvalue weighted by Crippen LogP contribution is -2.32. The van der Waals surface area contributed by atoms with E-state index in [2.05, 4.69) is 32.9 Å². The van der Waals surface area contributed by atoms with E-state index in [0.717, 1.165) is 18.4 Å². The van der Waals surface area contributed by atoms with Crippen molar-refractivity contribution in [2.24, 2.45) is 5.92 Å². The van der Waals surface area contributed by atoms with Gasteiger partial charge in [-0.05, 0) is 19.4 Å². The maximum atomic E-state index is 4.02. The smallest absolute Gasteiger partial charge is 0.0242 e. The van der Waals surface area contributed by atoms with E-state index in [4.69, 9.17) is 0 Å². The zero-order valence-electron chi connectivity index (χ0n) is 6.94. The molecule has 2 nitrogen and oxygen atoms in total. The number of hydrogen-bond donors (Lipinski definition) is 1. The number of nitrogens with one attached hydrogen (secondary N) is 1. The number of rotatable bonds is 3. The fourth-order valence-corrected chi connectivity index (χ4v) is 1.86. The average Bonchev–Trinajstić information content (AvgIpc) is 2.50. The molecule has 1 saturated heterocycles. The third-order valence-electron chi connectivity index (χ3n) is 2.25. The Labute approximate surface area is 76.7 Å². The second-order valence-electron chi connectivity index (χ2n) is 2.95. The predicted molar refractivity (Wildman–Crippen MR) is 51.7 cm³/mol. The van der Waals surface area contributed by atoms with Gasteiger partial charge in [0, 0.05) is 18.4 Å². The van der Waals surface area contributed by atoms with E-state index in [1.54, 1.807) is 0 Å². The highest BCUT2D eigenvalue weighted by atomic mass is 79.9. The molecule has 0 aromatic rings. The molecule has 1 fully saturated rings. The van der Waals surface area contributed by atoms with Crippen LogP contribution in [0.2, 0.25) is 0 Å². The third kappa shape index (κ3) is 2.29.